The lowest BCUT2D eigenvalue weighted by atomic mass is 10.1. The van der Waals surface area contributed by atoms with Crippen molar-refractivity contribution in [2.24, 2.45) is 0 Å². The van der Waals surface area contributed by atoms with E-state index in [0.29, 0.717) is 18.0 Å². The van der Waals surface area contributed by atoms with Crippen molar-refractivity contribution in [2.75, 3.05) is 24.7 Å². The summed E-state index contributed by atoms with van der Waals surface area (Å²) in [6.45, 7) is 6.04. The van der Waals surface area contributed by atoms with Crippen LogP contribution < -0.4 is 9.64 Å². The number of pyridine rings is 1. The summed E-state index contributed by atoms with van der Waals surface area (Å²) in [6, 6.07) is 11.5. The van der Waals surface area contributed by atoms with Gasteiger partial charge < -0.3 is 14.4 Å². The number of anilines is 1. The molecule has 0 aliphatic carbocycles. The number of carbonyl (C=O) groups excluding carboxylic acids is 1. The predicted octanol–water partition coefficient (Wildman–Crippen LogP) is 3.61. The number of nitrogens with zero attached hydrogens (tertiary/aromatic N) is 2. The SMILES string of the molecule is CCN(C(=O)c1ccc(OC2CCOCC2)nc1)c1cccc(C)c1. The van der Waals surface area contributed by atoms with E-state index in [2.05, 4.69) is 4.98 Å². The third-order valence-electron chi connectivity index (χ3n) is 4.31. The zero-order chi connectivity index (χ0) is 17.6. The maximum atomic E-state index is 12.8. The van der Waals surface area contributed by atoms with Crippen LogP contribution in [0, 0.1) is 6.92 Å². The number of aromatic nitrogens is 1. The molecule has 1 aromatic heterocycles. The normalized spacial score (nSPS) is 15.0. The van der Waals surface area contributed by atoms with Crippen molar-refractivity contribution >= 4 is 11.6 Å². The van der Waals surface area contributed by atoms with Crippen LogP contribution in [-0.4, -0.2) is 36.8 Å². The van der Waals surface area contributed by atoms with Gasteiger partial charge in [-0.05, 0) is 37.6 Å². The molecule has 2 heterocycles. The van der Waals surface area contributed by atoms with Crippen molar-refractivity contribution in [3.05, 3.63) is 53.7 Å². The molecule has 1 saturated heterocycles. The third-order valence-corrected chi connectivity index (χ3v) is 4.31. The van der Waals surface area contributed by atoms with Crippen molar-refractivity contribution < 1.29 is 14.3 Å². The molecule has 5 heteroatoms. The molecule has 0 N–H and O–H groups in total. The van der Waals surface area contributed by atoms with Crippen molar-refractivity contribution in [3.8, 4) is 5.88 Å². The van der Waals surface area contributed by atoms with Crippen LogP contribution >= 0.6 is 0 Å². The number of hydrogen-bond acceptors (Lipinski definition) is 4. The van der Waals surface area contributed by atoms with Gasteiger partial charge in [-0.3, -0.25) is 4.79 Å². The maximum Gasteiger partial charge on any atom is 0.259 e. The standard InChI is InChI=1S/C20H24N2O3/c1-3-22(17-6-4-5-15(2)13-17)20(23)16-7-8-19(21-14-16)25-18-9-11-24-12-10-18/h4-8,13-14,18H,3,9-12H2,1-2H3. The first kappa shape index (κ1) is 17.4. The zero-order valence-corrected chi connectivity index (χ0v) is 14.8. The number of aryl methyl sites for hydroxylation is 1. The molecule has 0 saturated carbocycles. The van der Waals surface area contributed by atoms with Crippen LogP contribution in [0.1, 0.15) is 35.7 Å². The van der Waals surface area contributed by atoms with Crippen molar-refractivity contribution in [1.29, 1.82) is 0 Å². The van der Waals surface area contributed by atoms with E-state index in [-0.39, 0.29) is 12.0 Å². The first-order valence-electron chi connectivity index (χ1n) is 8.76. The minimum atomic E-state index is -0.0572. The van der Waals surface area contributed by atoms with Gasteiger partial charge in [0.15, 0.2) is 0 Å². The molecular formula is C20H24N2O3. The molecule has 3 rings (SSSR count). The van der Waals surface area contributed by atoms with Crippen LogP contribution in [0.5, 0.6) is 5.88 Å². The highest BCUT2D eigenvalue weighted by molar-refractivity contribution is 6.05. The summed E-state index contributed by atoms with van der Waals surface area (Å²) in [5.41, 5.74) is 2.58. The molecule has 25 heavy (non-hydrogen) atoms. The van der Waals surface area contributed by atoms with Gasteiger partial charge in [0.2, 0.25) is 5.88 Å². The second-order valence-corrected chi connectivity index (χ2v) is 6.20. The minimum absolute atomic E-state index is 0.0572. The quantitative estimate of drug-likeness (QED) is 0.834. The largest absolute Gasteiger partial charge is 0.474 e. The molecule has 0 bridgehead atoms. The van der Waals surface area contributed by atoms with E-state index in [1.165, 1.54) is 0 Å². The van der Waals surface area contributed by atoms with Gasteiger partial charge in [0.05, 0.1) is 18.8 Å². The van der Waals surface area contributed by atoms with E-state index in [1.807, 2.05) is 38.1 Å². The highest BCUT2D eigenvalue weighted by Gasteiger charge is 2.18. The first-order chi connectivity index (χ1) is 12.2. The monoisotopic (exact) mass is 340 g/mol. The molecule has 0 spiro atoms. The lowest BCUT2D eigenvalue weighted by Crippen LogP contribution is -2.30. The van der Waals surface area contributed by atoms with E-state index >= 15 is 0 Å². The fourth-order valence-corrected chi connectivity index (χ4v) is 2.94. The number of ether oxygens (including phenoxy) is 2. The van der Waals surface area contributed by atoms with E-state index in [0.717, 1.165) is 37.3 Å². The average Bonchev–Trinajstić information content (AvgIpc) is 2.64. The lowest BCUT2D eigenvalue weighted by molar-refractivity contribution is 0.0237. The van der Waals surface area contributed by atoms with E-state index in [9.17, 15) is 4.79 Å². The van der Waals surface area contributed by atoms with Crippen LogP contribution in [0.2, 0.25) is 0 Å². The Labute approximate surface area is 148 Å². The van der Waals surface area contributed by atoms with Crippen molar-refractivity contribution in [1.82, 2.24) is 4.98 Å². The van der Waals surface area contributed by atoms with E-state index < -0.39 is 0 Å². The van der Waals surface area contributed by atoms with Crippen LogP contribution in [-0.2, 0) is 4.74 Å². The molecule has 132 valence electrons. The minimum Gasteiger partial charge on any atom is -0.474 e. The van der Waals surface area contributed by atoms with Gasteiger partial charge in [-0.1, -0.05) is 12.1 Å². The van der Waals surface area contributed by atoms with Crippen LogP contribution in [0.25, 0.3) is 0 Å². The van der Waals surface area contributed by atoms with Gasteiger partial charge in [0, 0.05) is 37.3 Å². The molecule has 5 nitrogen and oxygen atoms in total. The first-order valence-corrected chi connectivity index (χ1v) is 8.76. The second kappa shape index (κ2) is 8.12. The maximum absolute atomic E-state index is 12.8. The number of carbonyl (C=O) groups is 1. The fraction of sp³-hybridized carbons (Fsp3) is 0.400. The number of benzene rings is 1. The predicted molar refractivity (Wildman–Crippen MR) is 97.2 cm³/mol. The Balaban J connectivity index is 1.70. The average molecular weight is 340 g/mol. The van der Waals surface area contributed by atoms with Crippen LogP contribution in [0.3, 0.4) is 0 Å². The number of hydrogen-bond donors (Lipinski definition) is 0. The third kappa shape index (κ3) is 4.37. The smallest absolute Gasteiger partial charge is 0.259 e. The zero-order valence-electron chi connectivity index (χ0n) is 14.8. The van der Waals surface area contributed by atoms with Gasteiger partial charge in [-0.15, -0.1) is 0 Å². The van der Waals surface area contributed by atoms with E-state index in [1.54, 1.807) is 23.2 Å². The van der Waals surface area contributed by atoms with Crippen molar-refractivity contribution in [2.45, 2.75) is 32.8 Å². The number of amides is 1. The number of rotatable bonds is 5. The van der Waals surface area contributed by atoms with Gasteiger partial charge in [-0.25, -0.2) is 4.98 Å². The highest BCUT2D eigenvalue weighted by Crippen LogP contribution is 2.20. The molecule has 0 atom stereocenters. The molecule has 1 aliphatic heterocycles. The summed E-state index contributed by atoms with van der Waals surface area (Å²) in [5, 5.41) is 0. The summed E-state index contributed by atoms with van der Waals surface area (Å²) in [7, 11) is 0. The Kier molecular flexibility index (Phi) is 5.66. The van der Waals surface area contributed by atoms with E-state index in [4.69, 9.17) is 9.47 Å². The summed E-state index contributed by atoms with van der Waals surface area (Å²) in [6.07, 6.45) is 3.48. The van der Waals surface area contributed by atoms with Crippen molar-refractivity contribution in [3.63, 3.8) is 0 Å². The molecule has 1 aliphatic rings. The lowest BCUT2D eigenvalue weighted by Gasteiger charge is -2.23. The van der Waals surface area contributed by atoms with Gasteiger partial charge in [-0.2, -0.15) is 0 Å². The summed E-state index contributed by atoms with van der Waals surface area (Å²) >= 11 is 0. The van der Waals surface area contributed by atoms with Crippen LogP contribution in [0.15, 0.2) is 42.6 Å². The van der Waals surface area contributed by atoms with Gasteiger partial charge in [0.1, 0.15) is 6.10 Å². The molecular weight excluding hydrogens is 316 g/mol. The van der Waals surface area contributed by atoms with Crippen LogP contribution in [0.4, 0.5) is 5.69 Å². The Morgan fingerprint density at radius 2 is 2.08 bits per heavy atom. The molecule has 0 radical (unpaired) electrons. The van der Waals surface area contributed by atoms with Gasteiger partial charge >= 0.3 is 0 Å². The molecule has 1 aromatic carbocycles. The Bertz CT molecular complexity index is 709. The topological polar surface area (TPSA) is 51.7 Å². The molecule has 0 unspecified atom stereocenters. The molecule has 1 fully saturated rings. The summed E-state index contributed by atoms with van der Waals surface area (Å²) in [5.74, 6) is 0.500. The molecule has 1 amide bonds. The fourth-order valence-electron chi connectivity index (χ4n) is 2.94. The second-order valence-electron chi connectivity index (χ2n) is 6.20. The van der Waals surface area contributed by atoms with Gasteiger partial charge in [0.25, 0.3) is 5.91 Å². The summed E-state index contributed by atoms with van der Waals surface area (Å²) < 4.78 is 11.2. The Morgan fingerprint density at radius 3 is 2.72 bits per heavy atom. The Morgan fingerprint density at radius 1 is 1.28 bits per heavy atom. The molecule has 2 aromatic rings. The summed E-state index contributed by atoms with van der Waals surface area (Å²) in [4.78, 5) is 18.9. The Hall–Kier alpha value is -2.40. The highest BCUT2D eigenvalue weighted by atomic mass is 16.5.